The summed E-state index contributed by atoms with van der Waals surface area (Å²) in [5.74, 6) is 0.124. The van der Waals surface area contributed by atoms with Gasteiger partial charge in [0.15, 0.2) is 0 Å². The van der Waals surface area contributed by atoms with Crippen molar-refractivity contribution in [3.8, 4) is 16.9 Å². The predicted octanol–water partition coefficient (Wildman–Crippen LogP) is 6.94. The maximum absolute atomic E-state index is 14.4. The minimum absolute atomic E-state index is 0.0914. The van der Waals surface area contributed by atoms with Crippen molar-refractivity contribution in [2.24, 2.45) is 0 Å². The molecule has 7 nitrogen and oxygen atoms in total. The van der Waals surface area contributed by atoms with Crippen molar-refractivity contribution < 1.29 is 36.3 Å². The van der Waals surface area contributed by atoms with E-state index in [1.807, 2.05) is 43.3 Å². The van der Waals surface area contributed by atoms with Gasteiger partial charge in [0.25, 0.3) is 0 Å². The number of rotatable bonds is 10. The lowest BCUT2D eigenvalue weighted by Crippen LogP contribution is -2.31. The molecule has 0 aliphatic carbocycles. The van der Waals surface area contributed by atoms with Crippen LogP contribution in [0, 0.1) is 6.92 Å². The maximum atomic E-state index is 14.4. The summed E-state index contributed by atoms with van der Waals surface area (Å²) in [5.41, 5.74) is -1.93. The third-order valence-corrected chi connectivity index (χ3v) is 9.58. The van der Waals surface area contributed by atoms with Gasteiger partial charge in [0.1, 0.15) is 10.6 Å². The van der Waals surface area contributed by atoms with E-state index in [4.69, 9.17) is 26.1 Å². The monoisotopic (exact) mass is 621 g/mol. The van der Waals surface area contributed by atoms with E-state index >= 15 is 0 Å². The minimum atomic E-state index is -5.86. The van der Waals surface area contributed by atoms with E-state index in [1.165, 1.54) is 29.6 Å². The SMILES string of the molecule is COc1ccccc1S(=O)(=O)N(Cc1ccc(C(F)(F)P(=O)(O)O)c(Cl)c1)Cc1ccccc1-c1cccc(C)c1. The second-order valence-corrected chi connectivity index (χ2v) is 13.3. The van der Waals surface area contributed by atoms with Crippen LogP contribution in [-0.2, 0) is 33.3 Å². The number of halogens is 3. The van der Waals surface area contributed by atoms with Gasteiger partial charge in [-0.2, -0.15) is 13.1 Å². The molecule has 0 fully saturated rings. The Balaban J connectivity index is 1.81. The molecule has 0 bridgehead atoms. The highest BCUT2D eigenvalue weighted by atomic mass is 35.5. The number of aryl methyl sites for hydroxylation is 1. The Kier molecular flexibility index (Phi) is 9.04. The second kappa shape index (κ2) is 12.0. The average molecular weight is 622 g/mol. The van der Waals surface area contributed by atoms with Crippen LogP contribution in [-0.4, -0.2) is 29.6 Å². The van der Waals surface area contributed by atoms with Gasteiger partial charge in [-0.3, -0.25) is 4.57 Å². The highest BCUT2D eigenvalue weighted by Crippen LogP contribution is 2.60. The standard InChI is InChI=1S/C29H27ClF2NO6PS/c1-20-8-7-10-22(16-20)24-11-4-3-9-23(24)19-33(41(37,38)28-13-6-5-12-27(28)39-2)18-21-14-15-25(26(30)17-21)29(31,32)40(34,35)36/h3-17H,18-19H2,1-2H3,(H2,34,35,36). The number of benzene rings is 4. The third kappa shape index (κ3) is 6.54. The Morgan fingerprint density at radius 1 is 0.927 bits per heavy atom. The van der Waals surface area contributed by atoms with Gasteiger partial charge in [0, 0.05) is 13.1 Å². The first kappa shape index (κ1) is 30.8. The number of hydrogen-bond donors (Lipinski definition) is 2. The molecular formula is C29H27ClF2NO6PS. The highest BCUT2D eigenvalue weighted by molar-refractivity contribution is 7.89. The molecule has 0 saturated carbocycles. The lowest BCUT2D eigenvalue weighted by molar-refractivity contribution is 0.0565. The quantitative estimate of drug-likeness (QED) is 0.186. The molecule has 0 atom stereocenters. The van der Waals surface area contributed by atoms with Crippen LogP contribution >= 0.6 is 19.2 Å². The molecule has 0 aliphatic heterocycles. The number of hydrogen-bond acceptors (Lipinski definition) is 4. The molecule has 4 aromatic carbocycles. The Morgan fingerprint density at radius 2 is 1.61 bits per heavy atom. The first-order valence-electron chi connectivity index (χ1n) is 12.3. The van der Waals surface area contributed by atoms with Crippen LogP contribution in [0.3, 0.4) is 0 Å². The molecule has 4 rings (SSSR count). The van der Waals surface area contributed by atoms with E-state index in [0.717, 1.165) is 28.8 Å². The predicted molar refractivity (Wildman–Crippen MR) is 153 cm³/mol. The van der Waals surface area contributed by atoms with E-state index in [1.54, 1.807) is 24.3 Å². The first-order valence-corrected chi connectivity index (χ1v) is 15.7. The van der Waals surface area contributed by atoms with Crippen molar-refractivity contribution in [2.75, 3.05) is 7.11 Å². The molecule has 216 valence electrons. The van der Waals surface area contributed by atoms with Crippen molar-refractivity contribution >= 4 is 29.2 Å². The lowest BCUT2D eigenvalue weighted by atomic mass is 9.98. The second-order valence-electron chi connectivity index (χ2n) is 9.35. The fourth-order valence-corrected chi connectivity index (χ4v) is 6.86. The summed E-state index contributed by atoms with van der Waals surface area (Å²) in [4.78, 5) is 18.2. The number of methoxy groups -OCH3 is 1. The maximum Gasteiger partial charge on any atom is 0.399 e. The third-order valence-electron chi connectivity index (χ3n) is 6.46. The molecule has 0 spiro atoms. The van der Waals surface area contributed by atoms with E-state index in [-0.39, 0.29) is 29.3 Å². The van der Waals surface area contributed by atoms with Gasteiger partial charge >= 0.3 is 13.3 Å². The zero-order chi connectivity index (χ0) is 30.0. The van der Waals surface area contributed by atoms with Crippen LogP contribution in [0.4, 0.5) is 8.78 Å². The molecule has 0 amide bonds. The van der Waals surface area contributed by atoms with Crippen LogP contribution in [0.2, 0.25) is 5.02 Å². The summed E-state index contributed by atoms with van der Waals surface area (Å²) in [6.45, 7) is 1.57. The van der Waals surface area contributed by atoms with Crippen molar-refractivity contribution in [3.63, 3.8) is 0 Å². The molecular weight excluding hydrogens is 595 g/mol. The number of nitrogens with zero attached hydrogens (tertiary/aromatic N) is 1. The van der Waals surface area contributed by atoms with E-state index in [9.17, 15) is 21.8 Å². The smallest absolute Gasteiger partial charge is 0.399 e. The Hall–Kier alpha value is -3.11. The van der Waals surface area contributed by atoms with E-state index in [2.05, 4.69) is 0 Å². The molecule has 12 heteroatoms. The summed E-state index contributed by atoms with van der Waals surface area (Å²) >= 11 is 6.05. The fraction of sp³-hybridized carbons (Fsp3) is 0.172. The lowest BCUT2D eigenvalue weighted by Gasteiger charge is -2.25. The fourth-order valence-electron chi connectivity index (χ4n) is 4.40. The van der Waals surface area contributed by atoms with Gasteiger partial charge in [0.05, 0.1) is 17.7 Å². The van der Waals surface area contributed by atoms with Crippen molar-refractivity contribution in [2.45, 2.75) is 30.6 Å². The Labute approximate surface area is 242 Å². The van der Waals surface area contributed by atoms with Crippen molar-refractivity contribution in [3.05, 3.63) is 118 Å². The average Bonchev–Trinajstić information content (AvgIpc) is 2.92. The summed E-state index contributed by atoms with van der Waals surface area (Å²) < 4.78 is 74.7. The van der Waals surface area contributed by atoms with Gasteiger partial charge in [-0.1, -0.05) is 90.0 Å². The normalized spacial score (nSPS) is 12.5. The molecule has 4 aromatic rings. The summed E-state index contributed by atoms with van der Waals surface area (Å²) in [6, 6.07) is 24.2. The van der Waals surface area contributed by atoms with Crippen molar-refractivity contribution in [1.82, 2.24) is 4.31 Å². The first-order chi connectivity index (χ1) is 19.3. The number of para-hydroxylation sites is 1. The van der Waals surface area contributed by atoms with E-state index < -0.39 is 33.9 Å². The summed E-state index contributed by atoms with van der Waals surface area (Å²) in [5, 5.41) is -0.606. The Morgan fingerprint density at radius 3 is 2.27 bits per heavy atom. The molecule has 41 heavy (non-hydrogen) atoms. The molecule has 0 aromatic heterocycles. The summed E-state index contributed by atoms with van der Waals surface area (Å²) in [6.07, 6.45) is 0. The van der Waals surface area contributed by atoms with Gasteiger partial charge in [-0.25, -0.2) is 8.42 Å². The molecule has 0 unspecified atom stereocenters. The number of alkyl halides is 2. The minimum Gasteiger partial charge on any atom is -0.495 e. The van der Waals surface area contributed by atoms with Gasteiger partial charge in [-0.15, -0.1) is 0 Å². The summed E-state index contributed by atoms with van der Waals surface area (Å²) in [7, 11) is -8.73. The van der Waals surface area contributed by atoms with Gasteiger partial charge < -0.3 is 14.5 Å². The van der Waals surface area contributed by atoms with Crippen LogP contribution in [0.15, 0.2) is 95.9 Å². The molecule has 0 saturated heterocycles. The zero-order valence-corrected chi connectivity index (χ0v) is 24.5. The zero-order valence-electron chi connectivity index (χ0n) is 22.0. The van der Waals surface area contributed by atoms with Crippen LogP contribution in [0.1, 0.15) is 22.3 Å². The molecule has 2 N–H and O–H groups in total. The van der Waals surface area contributed by atoms with Gasteiger partial charge in [0.2, 0.25) is 10.0 Å². The van der Waals surface area contributed by atoms with Crippen LogP contribution < -0.4 is 4.74 Å². The largest absolute Gasteiger partial charge is 0.495 e. The topological polar surface area (TPSA) is 104 Å². The highest BCUT2D eigenvalue weighted by Gasteiger charge is 2.51. The number of ether oxygens (including phenoxy) is 1. The Bertz CT molecular complexity index is 1730. The molecule has 0 aliphatic rings. The van der Waals surface area contributed by atoms with E-state index in [0.29, 0.717) is 5.56 Å². The molecule has 0 radical (unpaired) electrons. The van der Waals surface area contributed by atoms with Crippen LogP contribution in [0.25, 0.3) is 11.1 Å². The van der Waals surface area contributed by atoms with Crippen LogP contribution in [0.5, 0.6) is 5.75 Å². The number of sulfonamides is 1. The molecule has 0 heterocycles. The van der Waals surface area contributed by atoms with Crippen molar-refractivity contribution in [1.29, 1.82) is 0 Å². The van der Waals surface area contributed by atoms with Gasteiger partial charge in [-0.05, 0) is 47.4 Å².